The van der Waals surface area contributed by atoms with Crippen LogP contribution in [0.4, 0.5) is 0 Å². The molecule has 0 spiro atoms. The van der Waals surface area contributed by atoms with Crippen LogP contribution in [0.25, 0.3) is 11.5 Å². The Kier molecular flexibility index (Phi) is 4.53. The van der Waals surface area contributed by atoms with Crippen LogP contribution in [0.2, 0.25) is 0 Å². The fraction of sp³-hybridized carbons (Fsp3) is 0.438. The highest BCUT2D eigenvalue weighted by atomic mass is 16.5. The van der Waals surface area contributed by atoms with E-state index in [1.807, 2.05) is 18.2 Å². The van der Waals surface area contributed by atoms with E-state index < -0.39 is 0 Å². The molecule has 0 aliphatic rings. The molecule has 1 N–H and O–H groups in total. The van der Waals surface area contributed by atoms with Gasteiger partial charge in [0.1, 0.15) is 17.8 Å². The topological polar surface area (TPSA) is 56.5 Å². The van der Waals surface area contributed by atoms with Crippen LogP contribution >= 0.6 is 0 Å². The molecular weight excluding hydrogens is 268 g/mol. The van der Waals surface area contributed by atoms with E-state index in [9.17, 15) is 0 Å². The maximum absolute atomic E-state index is 5.57. The van der Waals surface area contributed by atoms with Crippen molar-refractivity contribution in [3.63, 3.8) is 0 Å². The number of hydrogen-bond donors (Lipinski definition) is 1. The number of oxazole rings is 1. The molecule has 0 radical (unpaired) electrons. The molecule has 21 heavy (non-hydrogen) atoms. The Morgan fingerprint density at radius 3 is 2.57 bits per heavy atom. The predicted octanol–water partition coefficient (Wildman–Crippen LogP) is 3.25. The van der Waals surface area contributed by atoms with E-state index in [1.165, 1.54) is 0 Å². The van der Waals surface area contributed by atoms with Crippen molar-refractivity contribution in [3.8, 4) is 23.0 Å². The van der Waals surface area contributed by atoms with Crippen LogP contribution in [-0.2, 0) is 6.54 Å². The van der Waals surface area contributed by atoms with Crippen LogP contribution in [0.1, 0.15) is 26.5 Å². The summed E-state index contributed by atoms with van der Waals surface area (Å²) in [6.45, 7) is 6.98. The highest BCUT2D eigenvalue weighted by Gasteiger charge is 2.15. The summed E-state index contributed by atoms with van der Waals surface area (Å²) < 4.78 is 16.2. The van der Waals surface area contributed by atoms with Gasteiger partial charge in [-0.05, 0) is 39.0 Å². The molecule has 0 aliphatic heterocycles. The van der Waals surface area contributed by atoms with Crippen molar-refractivity contribution in [2.75, 3.05) is 14.2 Å². The lowest BCUT2D eigenvalue weighted by atomic mass is 10.1. The summed E-state index contributed by atoms with van der Waals surface area (Å²) in [6, 6.07) is 5.53. The number of methoxy groups -OCH3 is 2. The fourth-order valence-electron chi connectivity index (χ4n) is 1.85. The zero-order chi connectivity index (χ0) is 15.5. The second kappa shape index (κ2) is 6.18. The molecule has 1 aromatic heterocycles. The van der Waals surface area contributed by atoms with E-state index in [0.717, 1.165) is 17.0 Å². The molecule has 0 unspecified atom stereocenters. The van der Waals surface area contributed by atoms with Crippen molar-refractivity contribution in [1.82, 2.24) is 10.3 Å². The van der Waals surface area contributed by atoms with Crippen LogP contribution in [0.15, 0.2) is 28.9 Å². The Hall–Kier alpha value is -2.01. The lowest BCUT2D eigenvalue weighted by Gasteiger charge is -2.19. The minimum atomic E-state index is 0.0345. The van der Waals surface area contributed by atoms with E-state index in [1.54, 1.807) is 20.5 Å². The highest BCUT2D eigenvalue weighted by Crippen LogP contribution is 2.32. The first-order valence-corrected chi connectivity index (χ1v) is 6.85. The van der Waals surface area contributed by atoms with Crippen LogP contribution in [0.3, 0.4) is 0 Å². The highest BCUT2D eigenvalue weighted by molar-refractivity contribution is 5.65. The van der Waals surface area contributed by atoms with Crippen molar-refractivity contribution in [2.45, 2.75) is 32.9 Å². The third-order valence-electron chi connectivity index (χ3n) is 2.99. The van der Waals surface area contributed by atoms with Gasteiger partial charge in [-0.3, -0.25) is 0 Å². The molecule has 1 heterocycles. The molecule has 5 heteroatoms. The number of ether oxygens (including phenoxy) is 2. The van der Waals surface area contributed by atoms with Gasteiger partial charge in [-0.15, -0.1) is 0 Å². The van der Waals surface area contributed by atoms with Gasteiger partial charge in [0.25, 0.3) is 0 Å². The van der Waals surface area contributed by atoms with E-state index in [-0.39, 0.29) is 5.54 Å². The number of nitrogens with zero attached hydrogens (tertiary/aromatic N) is 1. The lowest BCUT2D eigenvalue weighted by Crippen LogP contribution is -2.35. The summed E-state index contributed by atoms with van der Waals surface area (Å²) in [4.78, 5) is 4.50. The van der Waals surface area contributed by atoms with E-state index in [2.05, 4.69) is 31.1 Å². The van der Waals surface area contributed by atoms with Crippen LogP contribution in [-0.4, -0.2) is 24.7 Å². The molecule has 0 fully saturated rings. The van der Waals surface area contributed by atoms with E-state index in [0.29, 0.717) is 18.2 Å². The summed E-state index contributed by atoms with van der Waals surface area (Å²) >= 11 is 0. The van der Waals surface area contributed by atoms with Crippen molar-refractivity contribution >= 4 is 0 Å². The summed E-state index contributed by atoms with van der Waals surface area (Å²) in [5.74, 6) is 1.96. The molecule has 0 amide bonds. The van der Waals surface area contributed by atoms with Gasteiger partial charge in [0.2, 0.25) is 5.89 Å². The summed E-state index contributed by atoms with van der Waals surface area (Å²) in [7, 11) is 3.25. The maximum Gasteiger partial charge on any atom is 0.230 e. The first kappa shape index (κ1) is 15.4. The Bertz CT molecular complexity index is 600. The first-order valence-electron chi connectivity index (χ1n) is 6.85. The van der Waals surface area contributed by atoms with Gasteiger partial charge in [-0.25, -0.2) is 4.98 Å². The smallest absolute Gasteiger partial charge is 0.230 e. The monoisotopic (exact) mass is 290 g/mol. The second-order valence-electron chi connectivity index (χ2n) is 5.81. The largest absolute Gasteiger partial charge is 0.497 e. The zero-order valence-electron chi connectivity index (χ0n) is 13.2. The van der Waals surface area contributed by atoms with Crippen LogP contribution in [0.5, 0.6) is 11.5 Å². The Morgan fingerprint density at radius 2 is 1.95 bits per heavy atom. The van der Waals surface area contributed by atoms with Crippen LogP contribution < -0.4 is 14.8 Å². The number of nitrogens with one attached hydrogen (secondary N) is 1. The van der Waals surface area contributed by atoms with Gasteiger partial charge >= 0.3 is 0 Å². The molecule has 0 saturated heterocycles. The molecule has 2 rings (SSSR count). The predicted molar refractivity (Wildman–Crippen MR) is 81.6 cm³/mol. The molecule has 0 bridgehead atoms. The van der Waals surface area contributed by atoms with Crippen LogP contribution in [0, 0.1) is 0 Å². The summed E-state index contributed by atoms with van der Waals surface area (Å²) in [5, 5.41) is 3.38. The molecular formula is C16H22N2O3. The number of hydrogen-bond acceptors (Lipinski definition) is 5. The molecule has 0 atom stereocenters. The van der Waals surface area contributed by atoms with Crippen molar-refractivity contribution < 1.29 is 13.9 Å². The number of aromatic nitrogens is 1. The third-order valence-corrected chi connectivity index (χ3v) is 2.99. The molecule has 0 aliphatic carbocycles. The molecule has 2 aromatic rings. The average molecular weight is 290 g/mol. The average Bonchev–Trinajstić information content (AvgIpc) is 2.92. The quantitative estimate of drug-likeness (QED) is 0.916. The summed E-state index contributed by atoms with van der Waals surface area (Å²) in [5.41, 5.74) is 1.66. The van der Waals surface area contributed by atoms with E-state index >= 15 is 0 Å². The van der Waals surface area contributed by atoms with Gasteiger partial charge in [0.05, 0.1) is 25.5 Å². The second-order valence-corrected chi connectivity index (χ2v) is 5.81. The van der Waals surface area contributed by atoms with Crippen molar-refractivity contribution in [3.05, 3.63) is 30.2 Å². The Balaban J connectivity index is 2.24. The molecule has 1 aromatic carbocycles. The number of benzene rings is 1. The van der Waals surface area contributed by atoms with Gasteiger partial charge in [0, 0.05) is 12.1 Å². The standard InChI is InChI=1S/C16H22N2O3/c1-16(2,3)17-9-11-10-21-15(18-11)13-8-12(19-4)6-7-14(13)20-5/h6-8,10,17H,9H2,1-5H3. The summed E-state index contributed by atoms with van der Waals surface area (Å²) in [6.07, 6.45) is 1.66. The minimum absolute atomic E-state index is 0.0345. The SMILES string of the molecule is COc1ccc(OC)c(-c2nc(CNC(C)(C)C)co2)c1. The third kappa shape index (κ3) is 3.98. The number of rotatable bonds is 5. The van der Waals surface area contributed by atoms with Gasteiger partial charge < -0.3 is 19.2 Å². The normalized spacial score (nSPS) is 11.5. The fourth-order valence-corrected chi connectivity index (χ4v) is 1.85. The Morgan fingerprint density at radius 1 is 1.19 bits per heavy atom. The first-order chi connectivity index (χ1) is 9.93. The lowest BCUT2D eigenvalue weighted by molar-refractivity contribution is 0.403. The van der Waals surface area contributed by atoms with Crippen molar-refractivity contribution in [1.29, 1.82) is 0 Å². The zero-order valence-corrected chi connectivity index (χ0v) is 13.2. The van der Waals surface area contributed by atoms with Gasteiger partial charge in [-0.2, -0.15) is 0 Å². The van der Waals surface area contributed by atoms with Gasteiger partial charge in [-0.1, -0.05) is 0 Å². The van der Waals surface area contributed by atoms with E-state index in [4.69, 9.17) is 13.9 Å². The Labute approximate surface area is 125 Å². The van der Waals surface area contributed by atoms with Crippen molar-refractivity contribution in [2.24, 2.45) is 0 Å². The maximum atomic E-state index is 5.57. The minimum Gasteiger partial charge on any atom is -0.497 e. The molecule has 114 valence electrons. The molecule has 0 saturated carbocycles. The van der Waals surface area contributed by atoms with Gasteiger partial charge in [0.15, 0.2) is 0 Å². The molecule has 5 nitrogen and oxygen atoms in total.